The number of amides is 1. The molecule has 1 saturated heterocycles. The summed E-state index contributed by atoms with van der Waals surface area (Å²) in [5, 5.41) is 9.07. The number of carbonyl (C=O) groups excluding carboxylic acids is 1. The molecule has 4 saturated carbocycles. The van der Waals surface area contributed by atoms with Crippen molar-refractivity contribution in [2.24, 2.45) is 23.7 Å². The average molecular weight is 540 g/mol. The lowest BCUT2D eigenvalue weighted by Crippen LogP contribution is -2.57. The lowest BCUT2D eigenvalue weighted by Gasteiger charge is -2.56. The van der Waals surface area contributed by atoms with Gasteiger partial charge in [-0.25, -0.2) is 4.39 Å². The zero-order valence-corrected chi connectivity index (χ0v) is 22.7. The summed E-state index contributed by atoms with van der Waals surface area (Å²) in [6.07, 6.45) is 12.8. The smallest absolute Gasteiger partial charge is 0.266 e. The van der Waals surface area contributed by atoms with Gasteiger partial charge in [-0.05, 0) is 111 Å². The van der Waals surface area contributed by atoms with Gasteiger partial charge in [0.15, 0.2) is 0 Å². The first-order valence-corrected chi connectivity index (χ1v) is 15.0. The number of furan rings is 1. The predicted octanol–water partition coefficient (Wildman–Crippen LogP) is 7.21. The molecule has 1 aromatic carbocycles. The topological polar surface area (TPSA) is 53.7 Å². The van der Waals surface area contributed by atoms with E-state index >= 15 is 0 Å². The summed E-state index contributed by atoms with van der Waals surface area (Å²) in [6, 6.07) is 8.57. The van der Waals surface area contributed by atoms with Crippen molar-refractivity contribution in [2.75, 3.05) is 6.61 Å². The molecule has 196 valence electrons. The van der Waals surface area contributed by atoms with Crippen molar-refractivity contribution in [1.29, 1.82) is 0 Å². The molecule has 1 amide bonds. The second-order valence-corrected chi connectivity index (χ2v) is 13.0. The van der Waals surface area contributed by atoms with Crippen molar-refractivity contribution < 1.29 is 18.7 Å². The monoisotopic (exact) mass is 539 g/mol. The second kappa shape index (κ2) is 10.7. The van der Waals surface area contributed by atoms with Crippen LogP contribution in [-0.4, -0.2) is 32.9 Å². The van der Waals surface area contributed by atoms with Crippen LogP contribution in [0.1, 0.15) is 69.1 Å². The SMILES string of the molecule is O=C1C(=Cc2oc(-c3ccc(F)cc3)cc2CCCCCCO)SC(=S)N1C1C2CC3CC(C2)CC1C3. The normalized spacial score (nSPS) is 29.7. The number of thioether (sulfide) groups is 1. The van der Waals surface area contributed by atoms with E-state index in [4.69, 9.17) is 21.7 Å². The molecule has 7 rings (SSSR count). The Morgan fingerprint density at radius 3 is 2.38 bits per heavy atom. The minimum atomic E-state index is -0.284. The third-order valence-electron chi connectivity index (χ3n) is 8.89. The number of thiocarbonyl (C=S) groups is 1. The van der Waals surface area contributed by atoms with Crippen LogP contribution in [0.5, 0.6) is 0 Å². The standard InChI is InChI=1S/C30H34FNO3S2/c31-24-8-6-20(7-9-24)25-16-21(5-3-1-2-4-10-33)26(35-25)17-27-29(34)32(30(36)37-27)28-22-12-18-11-19(14-22)15-23(28)13-18/h6-9,16-19,22-23,28,33H,1-5,10-15H2. The lowest BCUT2D eigenvalue weighted by atomic mass is 9.54. The van der Waals surface area contributed by atoms with E-state index in [0.29, 0.717) is 32.6 Å². The van der Waals surface area contributed by atoms with Crippen molar-refractivity contribution in [3.05, 3.63) is 52.4 Å². The van der Waals surface area contributed by atoms with E-state index in [1.54, 1.807) is 12.1 Å². The summed E-state index contributed by atoms with van der Waals surface area (Å²) in [5.74, 6) is 3.97. The van der Waals surface area contributed by atoms with Crippen LogP contribution in [0.15, 0.2) is 39.7 Å². The molecule has 2 aromatic rings. The Hall–Kier alpha value is -1.96. The van der Waals surface area contributed by atoms with Gasteiger partial charge in [0, 0.05) is 24.3 Å². The number of hydrogen-bond donors (Lipinski definition) is 1. The molecule has 1 aromatic heterocycles. The van der Waals surface area contributed by atoms with Crippen LogP contribution in [-0.2, 0) is 11.2 Å². The van der Waals surface area contributed by atoms with Gasteiger partial charge >= 0.3 is 0 Å². The highest BCUT2D eigenvalue weighted by Gasteiger charge is 2.53. The van der Waals surface area contributed by atoms with Crippen LogP contribution in [0.2, 0.25) is 0 Å². The van der Waals surface area contributed by atoms with E-state index in [1.165, 1.54) is 56.0 Å². The summed E-state index contributed by atoms with van der Waals surface area (Å²) in [4.78, 5) is 16.3. The van der Waals surface area contributed by atoms with Crippen molar-refractivity contribution in [1.82, 2.24) is 4.90 Å². The number of unbranched alkanes of at least 4 members (excludes halogenated alkanes) is 3. The number of aliphatic hydroxyl groups excluding tert-OH is 1. The van der Waals surface area contributed by atoms with E-state index in [9.17, 15) is 9.18 Å². The fraction of sp³-hybridized carbons (Fsp3) is 0.533. The molecule has 4 bridgehead atoms. The quantitative estimate of drug-likeness (QED) is 0.207. The van der Waals surface area contributed by atoms with Gasteiger partial charge in [-0.3, -0.25) is 9.69 Å². The zero-order valence-electron chi connectivity index (χ0n) is 21.0. The van der Waals surface area contributed by atoms with Crippen LogP contribution in [0.4, 0.5) is 4.39 Å². The molecule has 1 aliphatic heterocycles. The molecule has 4 nitrogen and oxygen atoms in total. The Kier molecular flexibility index (Phi) is 7.30. The first-order valence-electron chi connectivity index (χ1n) is 13.8. The molecule has 0 unspecified atom stereocenters. The summed E-state index contributed by atoms with van der Waals surface area (Å²) in [6.45, 7) is 0.220. The minimum Gasteiger partial charge on any atom is -0.456 e. The van der Waals surface area contributed by atoms with E-state index < -0.39 is 0 Å². The first-order chi connectivity index (χ1) is 18.0. The van der Waals surface area contributed by atoms with E-state index in [1.807, 2.05) is 17.0 Å². The highest BCUT2D eigenvalue weighted by molar-refractivity contribution is 8.26. The maximum absolute atomic E-state index is 13.7. The molecule has 5 aliphatic rings. The number of aryl methyl sites for hydroxylation is 1. The Morgan fingerprint density at radius 2 is 1.70 bits per heavy atom. The van der Waals surface area contributed by atoms with E-state index in [2.05, 4.69) is 0 Å². The highest BCUT2D eigenvalue weighted by atomic mass is 32.2. The summed E-state index contributed by atoms with van der Waals surface area (Å²) < 4.78 is 20.4. The number of benzene rings is 1. The van der Waals surface area contributed by atoms with Gasteiger partial charge in [-0.15, -0.1) is 0 Å². The Bertz CT molecular complexity index is 1180. The number of carbonyl (C=O) groups is 1. The fourth-order valence-corrected chi connectivity index (χ4v) is 8.79. The molecule has 4 aliphatic carbocycles. The molecular formula is C30H34FNO3S2. The molecule has 7 heteroatoms. The lowest BCUT2D eigenvalue weighted by molar-refractivity contribution is -0.130. The van der Waals surface area contributed by atoms with Gasteiger partial charge in [-0.1, -0.05) is 36.8 Å². The van der Waals surface area contributed by atoms with Gasteiger partial charge in [-0.2, -0.15) is 0 Å². The number of aliphatic hydroxyl groups is 1. The number of halogens is 1. The summed E-state index contributed by atoms with van der Waals surface area (Å²) in [5.41, 5.74) is 1.85. The maximum Gasteiger partial charge on any atom is 0.266 e. The molecule has 0 atom stereocenters. The fourth-order valence-electron chi connectivity index (χ4n) is 7.47. The zero-order chi connectivity index (χ0) is 25.5. The third kappa shape index (κ3) is 5.07. The molecule has 1 N–H and O–H groups in total. The van der Waals surface area contributed by atoms with Crippen LogP contribution >= 0.6 is 24.0 Å². The Morgan fingerprint density at radius 1 is 1.03 bits per heavy atom. The van der Waals surface area contributed by atoms with Gasteiger partial charge < -0.3 is 9.52 Å². The largest absolute Gasteiger partial charge is 0.456 e. The first kappa shape index (κ1) is 25.3. The molecule has 0 radical (unpaired) electrons. The highest BCUT2D eigenvalue weighted by Crippen LogP contribution is 2.56. The van der Waals surface area contributed by atoms with Crippen LogP contribution < -0.4 is 0 Å². The van der Waals surface area contributed by atoms with Crippen molar-refractivity contribution in [3.8, 4) is 11.3 Å². The van der Waals surface area contributed by atoms with Gasteiger partial charge in [0.05, 0.1) is 4.91 Å². The predicted molar refractivity (Wildman–Crippen MR) is 149 cm³/mol. The summed E-state index contributed by atoms with van der Waals surface area (Å²) >= 11 is 7.19. The number of hydrogen-bond acceptors (Lipinski definition) is 5. The van der Waals surface area contributed by atoms with Crippen LogP contribution in [0.3, 0.4) is 0 Å². The Balaban J connectivity index is 1.25. The van der Waals surface area contributed by atoms with Crippen molar-refractivity contribution in [3.63, 3.8) is 0 Å². The van der Waals surface area contributed by atoms with Gasteiger partial charge in [0.1, 0.15) is 21.7 Å². The van der Waals surface area contributed by atoms with Crippen LogP contribution in [0, 0.1) is 29.5 Å². The number of rotatable bonds is 9. The van der Waals surface area contributed by atoms with E-state index in [0.717, 1.165) is 55.1 Å². The average Bonchev–Trinajstić information content (AvgIpc) is 3.39. The third-order valence-corrected chi connectivity index (χ3v) is 10.2. The van der Waals surface area contributed by atoms with Crippen LogP contribution in [0.25, 0.3) is 17.4 Å². The van der Waals surface area contributed by atoms with E-state index in [-0.39, 0.29) is 24.4 Å². The number of nitrogens with zero attached hydrogens (tertiary/aromatic N) is 1. The van der Waals surface area contributed by atoms with Crippen molar-refractivity contribution >= 4 is 40.3 Å². The summed E-state index contributed by atoms with van der Waals surface area (Å²) in [7, 11) is 0. The second-order valence-electron chi connectivity index (χ2n) is 11.4. The minimum absolute atomic E-state index is 0.0288. The van der Waals surface area contributed by atoms with Crippen molar-refractivity contribution in [2.45, 2.75) is 70.3 Å². The van der Waals surface area contributed by atoms with Gasteiger partial charge in [0.2, 0.25) is 0 Å². The Labute approximate surface area is 227 Å². The molecule has 5 fully saturated rings. The molecular weight excluding hydrogens is 505 g/mol. The molecule has 37 heavy (non-hydrogen) atoms. The molecule has 2 heterocycles. The maximum atomic E-state index is 13.7. The van der Waals surface area contributed by atoms with Gasteiger partial charge in [0.25, 0.3) is 5.91 Å². The molecule has 0 spiro atoms.